The van der Waals surface area contributed by atoms with Gasteiger partial charge in [-0.25, -0.2) is 4.39 Å². The molecule has 0 radical (unpaired) electrons. The number of piperazine rings is 1. The van der Waals surface area contributed by atoms with Gasteiger partial charge in [0.25, 0.3) is 0 Å². The van der Waals surface area contributed by atoms with E-state index in [-0.39, 0.29) is 5.82 Å². The van der Waals surface area contributed by atoms with Crippen LogP contribution in [0.3, 0.4) is 0 Å². The van der Waals surface area contributed by atoms with E-state index in [0.717, 1.165) is 18.0 Å². The predicted octanol–water partition coefficient (Wildman–Crippen LogP) is 3.19. The molecule has 1 aromatic rings. The highest BCUT2D eigenvalue weighted by molar-refractivity contribution is 5.58. The molecule has 0 amide bonds. The minimum atomic E-state index is -4.61. The number of anilines is 1. The van der Waals surface area contributed by atoms with Crippen LogP contribution in [0.25, 0.3) is 0 Å². The molecule has 140 valence electrons. The molecule has 0 N–H and O–H groups in total. The summed E-state index contributed by atoms with van der Waals surface area (Å²) < 4.78 is 53.3. The van der Waals surface area contributed by atoms with Crippen LogP contribution in [-0.4, -0.2) is 55.1 Å². The van der Waals surface area contributed by atoms with Gasteiger partial charge in [-0.15, -0.1) is 0 Å². The fraction of sp³-hybridized carbons (Fsp3) is 0.471. The molecule has 0 spiro atoms. The molecule has 1 fully saturated rings. The van der Waals surface area contributed by atoms with Gasteiger partial charge in [0.05, 0.1) is 6.04 Å². The van der Waals surface area contributed by atoms with E-state index < -0.39 is 24.2 Å². The Bertz CT molecular complexity index is 682. The molecule has 2 unspecified atom stereocenters. The van der Waals surface area contributed by atoms with E-state index in [2.05, 4.69) is 10.2 Å². The number of benzene rings is 1. The summed E-state index contributed by atoms with van der Waals surface area (Å²) in [5, 5.41) is 6.70. The maximum absolute atomic E-state index is 13.4. The van der Waals surface area contributed by atoms with Gasteiger partial charge < -0.3 is 9.69 Å². The fourth-order valence-corrected chi connectivity index (χ4v) is 3.25. The highest BCUT2D eigenvalue weighted by Crippen LogP contribution is 2.41. The fourth-order valence-electron chi connectivity index (χ4n) is 3.25. The zero-order valence-corrected chi connectivity index (χ0v) is 13.9. The van der Waals surface area contributed by atoms with Gasteiger partial charge in [0.2, 0.25) is 0 Å². The first kappa shape index (κ1) is 18.5. The number of carbonyl (C=O) groups is 1. The second-order valence-electron chi connectivity index (χ2n) is 6.36. The molecular weight excluding hydrogens is 352 g/mol. The summed E-state index contributed by atoms with van der Waals surface area (Å²) in [5.74, 6) is -0.329. The second kappa shape index (κ2) is 7.14. The topological polar surface area (TPSA) is 48.3 Å². The monoisotopic (exact) mass is 370 g/mol. The van der Waals surface area contributed by atoms with E-state index in [4.69, 9.17) is 0 Å². The Morgan fingerprint density at radius 2 is 1.81 bits per heavy atom. The van der Waals surface area contributed by atoms with Crippen molar-refractivity contribution in [2.24, 2.45) is 10.2 Å². The van der Waals surface area contributed by atoms with Gasteiger partial charge in [0.15, 0.2) is 5.54 Å². The lowest BCUT2D eigenvalue weighted by Gasteiger charge is -2.40. The van der Waals surface area contributed by atoms with Crippen molar-refractivity contribution in [1.82, 2.24) is 4.90 Å². The molecule has 5 nitrogen and oxygen atoms in total. The summed E-state index contributed by atoms with van der Waals surface area (Å²) in [6.07, 6.45) is -2.64. The standard InChI is InChI=1S/C17H18F4N4O/c18-13-1-3-14(4-2-13)24-7-9-25(10-8-24)15(12-26)11-16(17(19,20)21)5-6-22-23-16/h1-6,12,15H,7-11H2. The SMILES string of the molecule is O=CC(CC1(C(F)(F)F)C=CN=N1)N1CCN(c2ccc(F)cc2)CC1. The molecule has 3 rings (SSSR count). The van der Waals surface area contributed by atoms with Crippen LogP contribution in [0, 0.1) is 5.82 Å². The maximum Gasteiger partial charge on any atom is 0.419 e. The average molecular weight is 370 g/mol. The number of azo groups is 1. The molecule has 0 saturated carbocycles. The largest absolute Gasteiger partial charge is 0.419 e. The molecule has 1 saturated heterocycles. The third kappa shape index (κ3) is 3.62. The number of carbonyl (C=O) groups excluding carboxylic acids is 1. The van der Waals surface area contributed by atoms with Crippen LogP contribution in [0.2, 0.25) is 0 Å². The molecule has 26 heavy (non-hydrogen) atoms. The summed E-state index contributed by atoms with van der Waals surface area (Å²) in [5.41, 5.74) is -1.60. The summed E-state index contributed by atoms with van der Waals surface area (Å²) >= 11 is 0. The minimum Gasteiger partial charge on any atom is -0.369 e. The zero-order chi connectivity index (χ0) is 18.8. The van der Waals surface area contributed by atoms with Crippen molar-refractivity contribution in [2.75, 3.05) is 31.1 Å². The Hall–Kier alpha value is -2.29. The van der Waals surface area contributed by atoms with Gasteiger partial charge in [-0.2, -0.15) is 23.4 Å². The summed E-state index contributed by atoms with van der Waals surface area (Å²) in [6.45, 7) is 1.92. The Balaban J connectivity index is 1.65. The number of hydrogen-bond donors (Lipinski definition) is 0. The number of hydrogen-bond acceptors (Lipinski definition) is 5. The van der Waals surface area contributed by atoms with E-state index >= 15 is 0 Å². The Kier molecular flexibility index (Phi) is 5.08. The Morgan fingerprint density at radius 3 is 2.31 bits per heavy atom. The molecule has 2 heterocycles. The van der Waals surface area contributed by atoms with E-state index in [0.29, 0.717) is 32.5 Å². The first-order valence-corrected chi connectivity index (χ1v) is 8.21. The molecule has 2 aliphatic rings. The minimum absolute atomic E-state index is 0.329. The van der Waals surface area contributed by atoms with Gasteiger partial charge >= 0.3 is 6.18 Å². The third-order valence-electron chi connectivity index (χ3n) is 4.80. The Labute approximate surface area is 148 Å². The molecule has 0 aliphatic carbocycles. The maximum atomic E-state index is 13.4. The second-order valence-corrected chi connectivity index (χ2v) is 6.36. The smallest absolute Gasteiger partial charge is 0.369 e. The van der Waals surface area contributed by atoms with Gasteiger partial charge in [0.1, 0.15) is 12.1 Å². The normalized spacial score (nSPS) is 24.8. The highest BCUT2D eigenvalue weighted by Gasteiger charge is 2.56. The number of nitrogens with zero attached hydrogens (tertiary/aromatic N) is 4. The van der Waals surface area contributed by atoms with Crippen molar-refractivity contribution in [2.45, 2.75) is 24.2 Å². The Morgan fingerprint density at radius 1 is 1.15 bits per heavy atom. The summed E-state index contributed by atoms with van der Waals surface area (Å²) in [6, 6.07) is 5.13. The average Bonchev–Trinajstić information content (AvgIpc) is 3.11. The van der Waals surface area contributed by atoms with Crippen molar-refractivity contribution in [1.29, 1.82) is 0 Å². The molecule has 0 bridgehead atoms. The van der Waals surface area contributed by atoms with Gasteiger partial charge in [-0.1, -0.05) is 0 Å². The van der Waals surface area contributed by atoms with Crippen LogP contribution in [-0.2, 0) is 4.79 Å². The van der Waals surface area contributed by atoms with E-state index in [1.165, 1.54) is 12.1 Å². The van der Waals surface area contributed by atoms with E-state index in [1.807, 2.05) is 4.90 Å². The van der Waals surface area contributed by atoms with Crippen LogP contribution < -0.4 is 4.90 Å². The van der Waals surface area contributed by atoms with Crippen LogP contribution in [0.4, 0.5) is 23.2 Å². The van der Waals surface area contributed by atoms with E-state index in [9.17, 15) is 22.4 Å². The molecule has 2 atom stereocenters. The van der Waals surface area contributed by atoms with Crippen molar-refractivity contribution >= 4 is 12.0 Å². The van der Waals surface area contributed by atoms with Crippen molar-refractivity contribution in [3.8, 4) is 0 Å². The number of alkyl halides is 3. The van der Waals surface area contributed by atoms with Crippen LogP contribution in [0.5, 0.6) is 0 Å². The lowest BCUT2D eigenvalue weighted by molar-refractivity contribution is -0.176. The van der Waals surface area contributed by atoms with Gasteiger partial charge in [0, 0.05) is 44.5 Å². The molecule has 0 aromatic heterocycles. The van der Waals surface area contributed by atoms with Crippen LogP contribution in [0.15, 0.2) is 46.8 Å². The zero-order valence-electron chi connectivity index (χ0n) is 13.9. The first-order chi connectivity index (χ1) is 12.3. The molecule has 9 heteroatoms. The number of halogens is 4. The van der Waals surface area contributed by atoms with Crippen LogP contribution in [0.1, 0.15) is 6.42 Å². The molecular formula is C17H18F4N4O. The van der Waals surface area contributed by atoms with E-state index in [1.54, 1.807) is 17.0 Å². The lowest BCUT2D eigenvalue weighted by atomic mass is 9.90. The van der Waals surface area contributed by atoms with Crippen LogP contribution >= 0.6 is 0 Å². The third-order valence-corrected chi connectivity index (χ3v) is 4.80. The molecule has 1 aromatic carbocycles. The van der Waals surface area contributed by atoms with Gasteiger partial charge in [-0.05, 0) is 30.3 Å². The number of rotatable bonds is 5. The van der Waals surface area contributed by atoms with Gasteiger partial charge in [-0.3, -0.25) is 4.90 Å². The summed E-state index contributed by atoms with van der Waals surface area (Å²) in [7, 11) is 0. The molecule has 2 aliphatic heterocycles. The number of aldehydes is 1. The van der Waals surface area contributed by atoms with Crippen molar-refractivity contribution in [3.63, 3.8) is 0 Å². The van der Waals surface area contributed by atoms with Crippen molar-refractivity contribution in [3.05, 3.63) is 42.4 Å². The van der Waals surface area contributed by atoms with Crippen molar-refractivity contribution < 1.29 is 22.4 Å². The quantitative estimate of drug-likeness (QED) is 0.591. The predicted molar refractivity (Wildman–Crippen MR) is 87.4 cm³/mol. The summed E-state index contributed by atoms with van der Waals surface area (Å²) in [4.78, 5) is 15.2. The highest BCUT2D eigenvalue weighted by atomic mass is 19.4. The first-order valence-electron chi connectivity index (χ1n) is 8.21. The lowest BCUT2D eigenvalue weighted by Crippen LogP contribution is -2.54.